The maximum atomic E-state index is 12.4. The molecule has 1 aromatic rings. The predicted molar refractivity (Wildman–Crippen MR) is 104 cm³/mol. The van der Waals surface area contributed by atoms with E-state index in [0.29, 0.717) is 26.2 Å². The van der Waals surface area contributed by atoms with Crippen LogP contribution in [0.2, 0.25) is 0 Å². The molecule has 144 valence electrons. The summed E-state index contributed by atoms with van der Waals surface area (Å²) >= 11 is 0. The Bertz CT molecular complexity index is 665. The summed E-state index contributed by atoms with van der Waals surface area (Å²) in [6.07, 6.45) is 1.66. The summed E-state index contributed by atoms with van der Waals surface area (Å²) in [7, 11) is 0. The second kappa shape index (κ2) is 8.27. The lowest BCUT2D eigenvalue weighted by Crippen LogP contribution is -2.56. The number of rotatable bonds is 2. The van der Waals surface area contributed by atoms with E-state index in [4.69, 9.17) is 5.73 Å². The Balaban J connectivity index is 0.00000243. The molecule has 2 aliphatic rings. The van der Waals surface area contributed by atoms with Crippen molar-refractivity contribution in [1.29, 1.82) is 0 Å². The van der Waals surface area contributed by atoms with Crippen LogP contribution >= 0.6 is 12.4 Å². The normalized spacial score (nSPS) is 21.4. The Morgan fingerprint density at radius 3 is 2.58 bits per heavy atom. The van der Waals surface area contributed by atoms with Crippen LogP contribution in [0.15, 0.2) is 24.3 Å². The van der Waals surface area contributed by atoms with Gasteiger partial charge >= 0.3 is 6.03 Å². The molecule has 7 heteroatoms. The van der Waals surface area contributed by atoms with Gasteiger partial charge in [-0.15, -0.1) is 12.4 Å². The van der Waals surface area contributed by atoms with Gasteiger partial charge in [-0.1, -0.05) is 38.1 Å². The van der Waals surface area contributed by atoms with Crippen molar-refractivity contribution in [2.75, 3.05) is 26.2 Å². The summed E-state index contributed by atoms with van der Waals surface area (Å²) in [6.45, 7) is 6.80. The third-order valence-corrected chi connectivity index (χ3v) is 5.47. The number of piperidine rings is 1. The number of nitrogens with zero attached hydrogens (tertiary/aromatic N) is 2. The van der Waals surface area contributed by atoms with Crippen molar-refractivity contribution in [3.8, 4) is 0 Å². The fourth-order valence-corrected chi connectivity index (χ4v) is 3.63. The zero-order chi connectivity index (χ0) is 18.0. The lowest BCUT2D eigenvalue weighted by molar-refractivity contribution is -0.133. The molecule has 2 heterocycles. The molecule has 1 fully saturated rings. The molecule has 6 nitrogen and oxygen atoms in total. The highest BCUT2D eigenvalue weighted by molar-refractivity contribution is 5.85. The van der Waals surface area contributed by atoms with Crippen LogP contribution < -0.4 is 11.1 Å². The number of carbonyl (C=O) groups excluding carboxylic acids is 2. The summed E-state index contributed by atoms with van der Waals surface area (Å²) in [4.78, 5) is 28.4. The third-order valence-electron chi connectivity index (χ3n) is 5.47. The number of hydrogen-bond acceptors (Lipinski definition) is 3. The molecule has 3 N–H and O–H groups in total. The minimum absolute atomic E-state index is 0. The highest BCUT2D eigenvalue weighted by Crippen LogP contribution is 2.27. The summed E-state index contributed by atoms with van der Waals surface area (Å²) in [5.74, 6) is -0.0364. The number of nitrogens with two attached hydrogens (primary N) is 1. The van der Waals surface area contributed by atoms with E-state index in [1.807, 2.05) is 17.0 Å². The van der Waals surface area contributed by atoms with Crippen molar-refractivity contribution in [3.63, 3.8) is 0 Å². The summed E-state index contributed by atoms with van der Waals surface area (Å²) < 4.78 is 0. The number of carbonyl (C=O) groups is 2. The second-order valence-electron chi connectivity index (χ2n) is 7.80. The number of amides is 3. The summed E-state index contributed by atoms with van der Waals surface area (Å²) in [6, 6.07) is 8.12. The molecule has 1 aromatic carbocycles. The van der Waals surface area contributed by atoms with Gasteiger partial charge in [-0.25, -0.2) is 4.79 Å². The molecule has 0 spiro atoms. The van der Waals surface area contributed by atoms with Gasteiger partial charge in [-0.05, 0) is 29.4 Å². The molecule has 0 aliphatic carbocycles. The first-order chi connectivity index (χ1) is 11.9. The number of fused-ring (bicyclic) bond motifs is 1. The lowest BCUT2D eigenvalue weighted by atomic mass is 9.79. The minimum atomic E-state index is -0.171. The van der Waals surface area contributed by atoms with Crippen LogP contribution in [0.3, 0.4) is 0 Å². The standard InChI is InChI=1S/C19H28N4O2.ClH/c1-19(2)13-23(10-8-16(19)20)17(24)11-21-18(25)22-9-7-14-5-3-4-6-15(14)12-22;/h3-6,16H,7-13,20H2,1-2H3,(H,21,25);1H. The SMILES string of the molecule is CC1(C)CN(C(=O)CNC(=O)N2CCc3ccccc3C2)CCC1N.Cl. The highest BCUT2D eigenvalue weighted by atomic mass is 35.5. The molecule has 1 unspecified atom stereocenters. The van der Waals surface area contributed by atoms with Crippen molar-refractivity contribution < 1.29 is 9.59 Å². The van der Waals surface area contributed by atoms with Crippen molar-refractivity contribution in [2.24, 2.45) is 11.1 Å². The van der Waals surface area contributed by atoms with E-state index in [2.05, 4.69) is 31.3 Å². The van der Waals surface area contributed by atoms with Crippen LogP contribution in [0.5, 0.6) is 0 Å². The molecule has 3 rings (SSSR count). The van der Waals surface area contributed by atoms with Crippen molar-refractivity contribution in [3.05, 3.63) is 35.4 Å². The Kier molecular flexibility index (Phi) is 6.53. The Hall–Kier alpha value is -1.79. The highest BCUT2D eigenvalue weighted by Gasteiger charge is 2.35. The topological polar surface area (TPSA) is 78.7 Å². The number of likely N-dealkylation sites (tertiary alicyclic amines) is 1. The second-order valence-corrected chi connectivity index (χ2v) is 7.80. The van der Waals surface area contributed by atoms with E-state index in [0.717, 1.165) is 12.8 Å². The zero-order valence-corrected chi connectivity index (χ0v) is 16.3. The first-order valence-corrected chi connectivity index (χ1v) is 9.00. The number of urea groups is 1. The first kappa shape index (κ1) is 20.5. The van der Waals surface area contributed by atoms with Crippen LogP contribution in [0, 0.1) is 5.41 Å². The molecule has 1 saturated heterocycles. The van der Waals surface area contributed by atoms with E-state index in [1.165, 1.54) is 11.1 Å². The number of hydrogen-bond donors (Lipinski definition) is 2. The molecule has 0 bridgehead atoms. The van der Waals surface area contributed by atoms with Gasteiger partial charge in [0.25, 0.3) is 0 Å². The number of benzene rings is 1. The van der Waals surface area contributed by atoms with Crippen molar-refractivity contribution in [1.82, 2.24) is 15.1 Å². The largest absolute Gasteiger partial charge is 0.341 e. The van der Waals surface area contributed by atoms with Crippen LogP contribution in [-0.4, -0.2) is 54.0 Å². The molecule has 3 amide bonds. The van der Waals surface area contributed by atoms with Gasteiger partial charge in [-0.3, -0.25) is 4.79 Å². The smallest absolute Gasteiger partial charge is 0.318 e. The van der Waals surface area contributed by atoms with Gasteiger partial charge in [0.15, 0.2) is 0 Å². The Labute approximate surface area is 161 Å². The fraction of sp³-hybridized carbons (Fsp3) is 0.579. The maximum Gasteiger partial charge on any atom is 0.318 e. The average Bonchev–Trinajstić information content (AvgIpc) is 2.61. The van der Waals surface area contributed by atoms with E-state index < -0.39 is 0 Å². The first-order valence-electron chi connectivity index (χ1n) is 9.00. The molecule has 1 atom stereocenters. The Morgan fingerprint density at radius 2 is 1.88 bits per heavy atom. The van der Waals surface area contributed by atoms with Crippen LogP contribution in [0.25, 0.3) is 0 Å². The van der Waals surface area contributed by atoms with E-state index in [1.54, 1.807) is 4.90 Å². The van der Waals surface area contributed by atoms with E-state index in [-0.39, 0.29) is 42.3 Å². The average molecular weight is 381 g/mol. The molecule has 2 aliphatic heterocycles. The van der Waals surface area contributed by atoms with Crippen molar-refractivity contribution >= 4 is 24.3 Å². The number of nitrogens with one attached hydrogen (secondary N) is 1. The van der Waals surface area contributed by atoms with E-state index in [9.17, 15) is 9.59 Å². The minimum Gasteiger partial charge on any atom is -0.341 e. The lowest BCUT2D eigenvalue weighted by Gasteiger charge is -2.42. The molecular weight excluding hydrogens is 352 g/mol. The molecule has 0 saturated carbocycles. The van der Waals surface area contributed by atoms with Gasteiger partial charge in [0.05, 0.1) is 6.54 Å². The van der Waals surface area contributed by atoms with Gasteiger partial charge < -0.3 is 20.9 Å². The van der Waals surface area contributed by atoms with Gasteiger partial charge in [0, 0.05) is 32.2 Å². The van der Waals surface area contributed by atoms with Gasteiger partial charge in [0.2, 0.25) is 5.91 Å². The quantitative estimate of drug-likeness (QED) is 0.820. The third kappa shape index (κ3) is 4.48. The van der Waals surface area contributed by atoms with Gasteiger partial charge in [0.1, 0.15) is 0 Å². The fourth-order valence-electron chi connectivity index (χ4n) is 3.63. The van der Waals surface area contributed by atoms with Crippen molar-refractivity contribution in [2.45, 2.75) is 39.3 Å². The predicted octanol–water partition coefficient (Wildman–Crippen LogP) is 1.76. The molecule has 0 aromatic heterocycles. The summed E-state index contributed by atoms with van der Waals surface area (Å²) in [5, 5.41) is 2.78. The van der Waals surface area contributed by atoms with Gasteiger partial charge in [-0.2, -0.15) is 0 Å². The molecule has 0 radical (unpaired) electrons. The molecule has 26 heavy (non-hydrogen) atoms. The van der Waals surface area contributed by atoms with Crippen LogP contribution in [0.1, 0.15) is 31.4 Å². The van der Waals surface area contributed by atoms with Crippen LogP contribution in [0.4, 0.5) is 4.79 Å². The monoisotopic (exact) mass is 380 g/mol. The number of halogens is 1. The summed E-state index contributed by atoms with van der Waals surface area (Å²) in [5.41, 5.74) is 8.51. The van der Waals surface area contributed by atoms with E-state index >= 15 is 0 Å². The zero-order valence-electron chi connectivity index (χ0n) is 15.5. The molecular formula is C19H29ClN4O2. The maximum absolute atomic E-state index is 12.4. The van der Waals surface area contributed by atoms with Crippen LogP contribution in [-0.2, 0) is 17.8 Å². The Morgan fingerprint density at radius 1 is 1.19 bits per heavy atom.